The Labute approximate surface area is 206 Å². The van der Waals surface area contributed by atoms with E-state index in [0.29, 0.717) is 38.5 Å². The largest absolute Gasteiger partial charge is 0.491 e. The van der Waals surface area contributed by atoms with Gasteiger partial charge in [0, 0.05) is 45.0 Å². The zero-order chi connectivity index (χ0) is 24.8. The molecular weight excluding hydrogens is 444 g/mol. The van der Waals surface area contributed by atoms with Gasteiger partial charge in [0.2, 0.25) is 5.91 Å². The van der Waals surface area contributed by atoms with Gasteiger partial charge in [0.15, 0.2) is 0 Å². The predicted octanol–water partition coefficient (Wildman–Crippen LogP) is 3.65. The first-order valence-corrected chi connectivity index (χ1v) is 12.3. The number of aromatic nitrogens is 3. The summed E-state index contributed by atoms with van der Waals surface area (Å²) in [5.74, 6) is 2.39. The fourth-order valence-electron chi connectivity index (χ4n) is 4.41. The van der Waals surface area contributed by atoms with Crippen LogP contribution in [-0.4, -0.2) is 77.7 Å². The Bertz CT molecular complexity index is 1160. The van der Waals surface area contributed by atoms with Crippen LogP contribution < -0.4 is 10.1 Å². The van der Waals surface area contributed by atoms with Crippen molar-refractivity contribution < 1.29 is 14.3 Å². The maximum Gasteiger partial charge on any atom is 0.222 e. The van der Waals surface area contributed by atoms with Gasteiger partial charge in [0.1, 0.15) is 29.6 Å². The Balaban J connectivity index is 1.70. The van der Waals surface area contributed by atoms with Crippen LogP contribution in [0.1, 0.15) is 36.7 Å². The Morgan fingerprint density at radius 1 is 1.09 bits per heavy atom. The molecule has 0 unspecified atom stereocenters. The normalized spacial score (nSPS) is 15.9. The van der Waals surface area contributed by atoms with E-state index in [1.165, 1.54) is 0 Å². The molecule has 0 atom stereocenters. The third-order valence-corrected chi connectivity index (χ3v) is 6.25. The van der Waals surface area contributed by atoms with E-state index in [4.69, 9.17) is 14.5 Å². The van der Waals surface area contributed by atoms with Gasteiger partial charge in [-0.1, -0.05) is 0 Å². The van der Waals surface area contributed by atoms with Gasteiger partial charge >= 0.3 is 0 Å². The molecule has 1 aliphatic rings. The second kappa shape index (κ2) is 11.5. The molecule has 3 aromatic rings. The highest BCUT2D eigenvalue weighted by Crippen LogP contribution is 2.31. The van der Waals surface area contributed by atoms with E-state index < -0.39 is 0 Å². The van der Waals surface area contributed by atoms with Crippen LogP contribution in [0.5, 0.6) is 5.75 Å². The summed E-state index contributed by atoms with van der Waals surface area (Å²) in [5, 5.41) is 4.51. The van der Waals surface area contributed by atoms with Gasteiger partial charge in [-0.2, -0.15) is 0 Å². The van der Waals surface area contributed by atoms with Crippen LogP contribution in [0.15, 0.2) is 24.4 Å². The van der Waals surface area contributed by atoms with E-state index in [2.05, 4.69) is 33.3 Å². The van der Waals surface area contributed by atoms with Crippen LogP contribution in [0.25, 0.3) is 11.0 Å². The number of anilines is 2. The van der Waals surface area contributed by atoms with E-state index in [0.717, 1.165) is 65.5 Å². The lowest BCUT2D eigenvalue weighted by Gasteiger charge is -2.22. The highest BCUT2D eigenvalue weighted by atomic mass is 16.5. The Kier molecular flexibility index (Phi) is 8.20. The maximum absolute atomic E-state index is 12.8. The summed E-state index contributed by atoms with van der Waals surface area (Å²) in [5.41, 5.74) is 3.84. The molecule has 2 aromatic heterocycles. The zero-order valence-electron chi connectivity index (χ0n) is 21.2. The van der Waals surface area contributed by atoms with Crippen molar-refractivity contribution in [1.29, 1.82) is 0 Å². The highest BCUT2D eigenvalue weighted by molar-refractivity contribution is 5.92. The molecule has 0 fully saturated rings. The molecule has 0 aliphatic carbocycles. The van der Waals surface area contributed by atoms with Gasteiger partial charge in [-0.15, -0.1) is 0 Å². The minimum atomic E-state index is 0.138. The number of ether oxygens (including phenoxy) is 2. The molecule has 0 saturated heterocycles. The summed E-state index contributed by atoms with van der Waals surface area (Å²) < 4.78 is 11.4. The average Bonchev–Trinajstić information content (AvgIpc) is 3.22. The summed E-state index contributed by atoms with van der Waals surface area (Å²) >= 11 is 0. The monoisotopic (exact) mass is 480 g/mol. The maximum atomic E-state index is 12.8. The van der Waals surface area contributed by atoms with E-state index in [1.54, 1.807) is 0 Å². The van der Waals surface area contributed by atoms with Crippen LogP contribution in [-0.2, 0) is 22.5 Å². The van der Waals surface area contributed by atoms with E-state index in [9.17, 15) is 4.79 Å². The first kappa shape index (κ1) is 24.9. The number of carbonyl (C=O) groups excluding carboxylic acids is 1. The molecule has 1 aromatic carbocycles. The van der Waals surface area contributed by atoms with Crippen molar-refractivity contribution >= 4 is 28.4 Å². The first-order chi connectivity index (χ1) is 16.9. The number of fused-ring (bicyclic) bond motifs is 2. The third kappa shape index (κ3) is 6.29. The molecule has 0 spiro atoms. The quantitative estimate of drug-likeness (QED) is 0.538. The second-order valence-corrected chi connectivity index (χ2v) is 9.06. The van der Waals surface area contributed by atoms with Gasteiger partial charge in [-0.3, -0.25) is 4.79 Å². The summed E-state index contributed by atoms with van der Waals surface area (Å²) in [6.07, 6.45) is 3.94. The van der Waals surface area contributed by atoms with Gasteiger partial charge in [0.25, 0.3) is 0 Å². The van der Waals surface area contributed by atoms with E-state index >= 15 is 0 Å². The van der Waals surface area contributed by atoms with Crippen molar-refractivity contribution in [3.63, 3.8) is 0 Å². The zero-order valence-corrected chi connectivity index (χ0v) is 21.2. The number of nitrogens with one attached hydrogen (secondary N) is 2. The molecule has 1 amide bonds. The third-order valence-electron chi connectivity index (χ3n) is 6.25. The molecule has 9 nitrogen and oxygen atoms in total. The van der Waals surface area contributed by atoms with E-state index in [1.807, 2.05) is 44.1 Å². The average molecular weight is 481 g/mol. The van der Waals surface area contributed by atoms with Crippen molar-refractivity contribution in [2.24, 2.45) is 0 Å². The number of rotatable bonds is 5. The second-order valence-electron chi connectivity index (χ2n) is 9.06. The minimum Gasteiger partial charge on any atom is -0.491 e. The molecule has 2 bridgehead atoms. The van der Waals surface area contributed by atoms with Crippen molar-refractivity contribution in [2.75, 3.05) is 52.3 Å². The molecule has 2 N–H and O–H groups in total. The van der Waals surface area contributed by atoms with Crippen LogP contribution in [0, 0.1) is 6.92 Å². The van der Waals surface area contributed by atoms with Crippen LogP contribution >= 0.6 is 0 Å². The summed E-state index contributed by atoms with van der Waals surface area (Å²) in [6.45, 7) is 7.88. The molecule has 9 heteroatoms. The summed E-state index contributed by atoms with van der Waals surface area (Å²) in [7, 11) is 3.98. The minimum absolute atomic E-state index is 0.138. The van der Waals surface area contributed by atoms with Crippen molar-refractivity contribution in [1.82, 2.24) is 24.8 Å². The number of hydrogen-bond donors (Lipinski definition) is 2. The van der Waals surface area contributed by atoms with Crippen LogP contribution in [0.4, 0.5) is 11.5 Å². The fourth-order valence-corrected chi connectivity index (χ4v) is 4.41. The number of amides is 1. The molecule has 0 saturated carbocycles. The fraction of sp³-hybridized carbons (Fsp3) is 0.500. The smallest absolute Gasteiger partial charge is 0.222 e. The number of aryl methyl sites for hydroxylation is 2. The molecular formula is C26H36N6O3. The van der Waals surface area contributed by atoms with Gasteiger partial charge in [-0.25, -0.2) is 9.97 Å². The van der Waals surface area contributed by atoms with E-state index in [-0.39, 0.29) is 5.91 Å². The predicted molar refractivity (Wildman–Crippen MR) is 137 cm³/mol. The molecule has 35 heavy (non-hydrogen) atoms. The van der Waals surface area contributed by atoms with Gasteiger partial charge in [-0.05, 0) is 69.6 Å². The molecule has 1 aliphatic heterocycles. The molecule has 4 rings (SSSR count). The van der Waals surface area contributed by atoms with Crippen molar-refractivity contribution in [2.45, 2.75) is 39.7 Å². The number of H-pyrrole nitrogens is 1. The molecule has 188 valence electrons. The lowest BCUT2D eigenvalue weighted by Crippen LogP contribution is -2.30. The Morgan fingerprint density at radius 2 is 1.94 bits per heavy atom. The number of carbonyl (C=O) groups is 1. The summed E-state index contributed by atoms with van der Waals surface area (Å²) in [6, 6.07) is 5.99. The Morgan fingerprint density at radius 3 is 2.77 bits per heavy atom. The number of aromatic amines is 1. The summed E-state index contributed by atoms with van der Waals surface area (Å²) in [4.78, 5) is 29.5. The highest BCUT2D eigenvalue weighted by Gasteiger charge is 2.17. The van der Waals surface area contributed by atoms with Crippen molar-refractivity contribution in [3.8, 4) is 5.75 Å². The molecule has 3 heterocycles. The lowest BCUT2D eigenvalue weighted by molar-refractivity contribution is -0.129. The standard InChI is InChI=1S/C26H36N6O3/c1-5-34-13-14-35-22-9-8-21-15-19(22)7-10-23(33)32(4)12-6-11-31(3)17-20-16-27-25-24(20)26(30-21)29-18(2)28-25/h8-9,15-16H,5-7,10-14,17H2,1-4H3,(H2,27,28,29,30). The van der Waals surface area contributed by atoms with Gasteiger partial charge < -0.3 is 29.6 Å². The number of benzene rings is 1. The lowest BCUT2D eigenvalue weighted by atomic mass is 10.1. The molecule has 0 radical (unpaired) electrons. The van der Waals surface area contributed by atoms with Gasteiger partial charge in [0.05, 0.1) is 12.0 Å². The SMILES string of the molecule is CCOCCOc1ccc2cc1CCC(=O)N(C)CCCN(C)Cc1c[nH]c3nc(C)nc(c13)N2. The first-order valence-electron chi connectivity index (χ1n) is 12.3. The number of nitrogens with zero attached hydrogens (tertiary/aromatic N) is 4. The van der Waals surface area contributed by atoms with Crippen LogP contribution in [0.3, 0.4) is 0 Å². The number of hydrogen-bond acceptors (Lipinski definition) is 7. The topological polar surface area (TPSA) is 95.6 Å². The van der Waals surface area contributed by atoms with Crippen LogP contribution in [0.2, 0.25) is 0 Å². The van der Waals surface area contributed by atoms with Crippen molar-refractivity contribution in [3.05, 3.63) is 41.3 Å². The Hall–Kier alpha value is -3.17.